The number of aromatic nitrogens is 4. The number of fused-ring (bicyclic) bond motifs is 12. The summed E-state index contributed by atoms with van der Waals surface area (Å²) in [6.45, 7) is 0. The van der Waals surface area contributed by atoms with Crippen LogP contribution in [0.2, 0.25) is 0 Å². The highest BCUT2D eigenvalue weighted by atomic mass is 16.5. The van der Waals surface area contributed by atoms with Gasteiger partial charge >= 0.3 is 0 Å². The Balaban J connectivity index is 0.786. The number of para-hydroxylation sites is 3. The van der Waals surface area contributed by atoms with Crippen LogP contribution in [-0.4, -0.2) is 31.7 Å². The summed E-state index contributed by atoms with van der Waals surface area (Å²) >= 11 is 0. The summed E-state index contributed by atoms with van der Waals surface area (Å²) in [4.78, 5) is 18.7. The fourth-order valence-electron chi connectivity index (χ4n) is 13.3. The molecular weight excluding hydrogens is 1000 g/mol. The van der Waals surface area contributed by atoms with Gasteiger partial charge in [0.05, 0.1) is 17.3 Å². The molecule has 0 saturated heterocycles. The van der Waals surface area contributed by atoms with Gasteiger partial charge in [0, 0.05) is 78.9 Å². The molecule has 0 bridgehead atoms. The maximum atomic E-state index is 6.85. The average Bonchev–Trinajstić information content (AvgIpc) is 3.57. The van der Waals surface area contributed by atoms with Gasteiger partial charge < -0.3 is 18.6 Å². The van der Waals surface area contributed by atoms with Crippen LogP contribution in [0.15, 0.2) is 265 Å². The molecule has 0 saturated carbocycles. The molecule has 12 aromatic rings. The van der Waals surface area contributed by atoms with Crippen LogP contribution >= 0.6 is 0 Å². The minimum absolute atomic E-state index is 0.123. The summed E-state index contributed by atoms with van der Waals surface area (Å²) in [5.74, 6) is 2.69. The van der Waals surface area contributed by atoms with Crippen molar-refractivity contribution in [3.63, 3.8) is 0 Å². The number of benzene rings is 9. The first-order valence-electron chi connectivity index (χ1n) is 28.0. The summed E-state index contributed by atoms with van der Waals surface area (Å²) < 4.78 is 15.5. The Kier molecular flexibility index (Phi) is 10.3. The normalized spacial score (nSPS) is 17.7. The van der Waals surface area contributed by atoms with Gasteiger partial charge in [-0.05, 0) is 124 Å². The van der Waals surface area contributed by atoms with Crippen molar-refractivity contribution in [2.75, 3.05) is 4.90 Å². The van der Waals surface area contributed by atoms with Gasteiger partial charge in [-0.15, -0.1) is 0 Å². The van der Waals surface area contributed by atoms with Gasteiger partial charge in [0.15, 0.2) is 17.5 Å². The molecule has 4 atom stereocenters. The zero-order valence-corrected chi connectivity index (χ0v) is 44.2. The van der Waals surface area contributed by atoms with Gasteiger partial charge in [0.2, 0.25) is 0 Å². The molecule has 4 unspecified atom stereocenters. The van der Waals surface area contributed by atoms with Crippen LogP contribution in [0.1, 0.15) is 39.8 Å². The molecule has 384 valence electrons. The lowest BCUT2D eigenvalue weighted by Gasteiger charge is -2.29. The Morgan fingerprint density at radius 1 is 0.463 bits per heavy atom. The largest absolute Gasteiger partial charge is 0.485 e. The average molecular weight is 1050 g/mol. The molecule has 0 radical (unpaired) electrons. The van der Waals surface area contributed by atoms with Crippen molar-refractivity contribution in [2.24, 2.45) is 0 Å². The van der Waals surface area contributed by atoms with E-state index in [2.05, 4.69) is 264 Å². The Morgan fingerprint density at radius 2 is 1.17 bits per heavy atom. The lowest BCUT2D eigenvalue weighted by atomic mass is 9.83. The predicted molar refractivity (Wildman–Crippen MR) is 331 cm³/mol. The molecule has 0 fully saturated rings. The molecule has 5 heterocycles. The van der Waals surface area contributed by atoms with Gasteiger partial charge in [-0.25, -0.2) is 15.0 Å². The highest BCUT2D eigenvalue weighted by Gasteiger charge is 2.39. The van der Waals surface area contributed by atoms with Crippen molar-refractivity contribution in [1.29, 1.82) is 0 Å². The number of furan rings is 1. The molecule has 9 aromatic carbocycles. The van der Waals surface area contributed by atoms with E-state index in [4.69, 9.17) is 24.1 Å². The topological polar surface area (TPSA) is 69.2 Å². The van der Waals surface area contributed by atoms with E-state index in [-0.39, 0.29) is 24.0 Å². The number of hydrogen-bond donors (Lipinski definition) is 0. The second-order valence-electron chi connectivity index (χ2n) is 21.6. The molecule has 3 aliphatic carbocycles. The Hall–Kier alpha value is -10.8. The van der Waals surface area contributed by atoms with E-state index >= 15 is 0 Å². The third-order valence-electron chi connectivity index (χ3n) is 17.0. The lowest BCUT2D eigenvalue weighted by Crippen LogP contribution is -2.28. The molecule has 17 rings (SSSR count). The smallest absolute Gasteiger partial charge is 0.164 e. The lowest BCUT2D eigenvalue weighted by molar-refractivity contribution is 0.269. The van der Waals surface area contributed by atoms with Crippen molar-refractivity contribution >= 4 is 61.9 Å². The van der Waals surface area contributed by atoms with Gasteiger partial charge in [-0.2, -0.15) is 0 Å². The predicted octanol–water partition coefficient (Wildman–Crippen LogP) is 18.1. The highest BCUT2D eigenvalue weighted by Crippen LogP contribution is 2.51. The van der Waals surface area contributed by atoms with Crippen LogP contribution < -0.4 is 9.64 Å². The van der Waals surface area contributed by atoms with Crippen molar-refractivity contribution in [2.45, 2.75) is 24.0 Å². The van der Waals surface area contributed by atoms with Crippen molar-refractivity contribution in [1.82, 2.24) is 19.5 Å². The third kappa shape index (κ3) is 7.35. The SMILES string of the molecule is C1=C=Cc2c(c3cc(-c4ccccc4C4=CC5c6c(cccc6-c6nc(-c7cccc(-c8ccc9c(c8)oc8ccccc89)c7)nc(-c7cccc(N8c9ccccc9C9C=CC=CC98)c7)n6)OC5C=C4)ccc3n2-c2ccccc2)C=1. The van der Waals surface area contributed by atoms with Crippen molar-refractivity contribution < 1.29 is 9.15 Å². The van der Waals surface area contributed by atoms with Gasteiger partial charge in [0.25, 0.3) is 0 Å². The summed E-state index contributed by atoms with van der Waals surface area (Å²) in [6.07, 6.45) is 19.6. The quantitative estimate of drug-likeness (QED) is 0.141. The van der Waals surface area contributed by atoms with Crippen LogP contribution in [-0.2, 0) is 0 Å². The maximum Gasteiger partial charge on any atom is 0.164 e. The van der Waals surface area contributed by atoms with E-state index < -0.39 is 0 Å². The van der Waals surface area contributed by atoms with Crippen LogP contribution in [0.3, 0.4) is 0 Å². The molecule has 3 aromatic heterocycles. The Bertz CT molecular complexity index is 4920. The number of nitrogens with zero attached hydrogens (tertiary/aromatic N) is 5. The minimum atomic E-state index is -0.213. The van der Waals surface area contributed by atoms with E-state index in [0.717, 1.165) is 111 Å². The fraction of sp³-hybridized carbons (Fsp3) is 0.0533. The molecule has 2 aliphatic heterocycles. The number of ether oxygens (including phenoxy) is 1. The van der Waals surface area contributed by atoms with Crippen LogP contribution in [0, 0.1) is 0 Å². The summed E-state index contributed by atoms with van der Waals surface area (Å²) in [7, 11) is 0. The molecule has 7 nitrogen and oxygen atoms in total. The number of hydrogen-bond acceptors (Lipinski definition) is 6. The van der Waals surface area contributed by atoms with E-state index in [0.29, 0.717) is 17.5 Å². The van der Waals surface area contributed by atoms with Crippen molar-refractivity contribution in [3.8, 4) is 67.9 Å². The first kappa shape index (κ1) is 46.1. The summed E-state index contributed by atoms with van der Waals surface area (Å²) in [6, 6.07) is 73.1. The van der Waals surface area contributed by atoms with E-state index in [9.17, 15) is 0 Å². The van der Waals surface area contributed by atoms with Gasteiger partial charge in [0.1, 0.15) is 23.0 Å². The molecule has 0 spiro atoms. The van der Waals surface area contributed by atoms with Crippen LogP contribution in [0.4, 0.5) is 11.4 Å². The third-order valence-corrected chi connectivity index (χ3v) is 17.0. The molecule has 7 heteroatoms. The van der Waals surface area contributed by atoms with Gasteiger partial charge in [-0.1, -0.05) is 181 Å². The first-order chi connectivity index (χ1) is 40.6. The molecule has 82 heavy (non-hydrogen) atoms. The van der Waals surface area contributed by atoms with Crippen LogP contribution in [0.5, 0.6) is 5.75 Å². The summed E-state index contributed by atoms with van der Waals surface area (Å²) in [5, 5.41) is 3.36. The monoisotopic (exact) mass is 1050 g/mol. The Morgan fingerprint density at radius 3 is 2.10 bits per heavy atom. The van der Waals surface area contributed by atoms with E-state index in [1.54, 1.807) is 0 Å². The fourth-order valence-corrected chi connectivity index (χ4v) is 13.3. The first-order valence-corrected chi connectivity index (χ1v) is 28.0. The number of allylic oxidation sites excluding steroid dienone is 4. The van der Waals surface area contributed by atoms with Crippen molar-refractivity contribution in [3.05, 3.63) is 288 Å². The molecule has 0 N–H and O–H groups in total. The van der Waals surface area contributed by atoms with Gasteiger partial charge in [-0.3, -0.25) is 0 Å². The number of rotatable bonds is 8. The zero-order valence-electron chi connectivity index (χ0n) is 44.2. The van der Waals surface area contributed by atoms with Crippen LogP contribution in [0.25, 0.3) is 113 Å². The minimum Gasteiger partial charge on any atom is -0.485 e. The highest BCUT2D eigenvalue weighted by molar-refractivity contribution is 6.06. The standard InChI is InChI=1S/C75H47N5O2/c1-2-20-52(21-3-1)79-66-32-12-8-27-58(66)62-43-48(36-39-67(62)79)54-23-4-5-24-55(54)49-37-40-69-63(44-49)72-61(29-16-34-70(72)81-69)75-77-73(50-18-14-17-46(41-50)47-35-38-60-59-28-9-13-33-68(59)82-71(60)45-47)76-74(78-75)51-19-15-22-53(42-51)80-64-30-10-6-25-56(64)57-26-7-11-31-65(57)80/h1-7,9-11,13-45,56,63-64,69H. The molecular formula is C75H47N5O2. The zero-order chi connectivity index (χ0) is 53.8. The molecule has 0 amide bonds. The van der Waals surface area contributed by atoms with E-state index in [1.807, 2.05) is 18.2 Å². The maximum absolute atomic E-state index is 6.85. The number of anilines is 2. The van der Waals surface area contributed by atoms with E-state index in [1.165, 1.54) is 16.6 Å². The Labute approximate surface area is 473 Å². The second kappa shape index (κ2) is 18.4. The summed E-state index contributed by atoms with van der Waals surface area (Å²) in [5.41, 5.74) is 26.6. The second-order valence-corrected chi connectivity index (χ2v) is 21.6. The molecule has 5 aliphatic rings.